The molecule has 8 heteroatoms. The van der Waals surface area contributed by atoms with E-state index in [2.05, 4.69) is 15.4 Å². The van der Waals surface area contributed by atoms with E-state index in [-0.39, 0.29) is 0 Å². The van der Waals surface area contributed by atoms with Gasteiger partial charge in [-0.15, -0.1) is 0 Å². The summed E-state index contributed by atoms with van der Waals surface area (Å²) in [6, 6.07) is 6.06. The maximum Gasteiger partial charge on any atom is 0.305 e. The standard InChI is InChI=1S/C13H15N5O3/c14-11(5-12(19)20)13(21)17-10-3-1-2-9(4-10)6-18-8-15-7-16-18/h1-4,7-8,11H,5-6,14H2,(H,17,21)(H,19,20). The quantitative estimate of drug-likeness (QED) is 0.691. The van der Waals surface area contributed by atoms with Crippen molar-refractivity contribution in [3.8, 4) is 0 Å². The molecule has 0 fully saturated rings. The molecule has 0 bridgehead atoms. The van der Waals surface area contributed by atoms with Crippen LogP contribution in [0.5, 0.6) is 0 Å². The fourth-order valence-corrected chi connectivity index (χ4v) is 1.76. The minimum absolute atomic E-state index is 0.412. The maximum absolute atomic E-state index is 11.7. The van der Waals surface area contributed by atoms with Crippen molar-refractivity contribution in [3.05, 3.63) is 42.5 Å². The number of benzene rings is 1. The van der Waals surface area contributed by atoms with Crippen LogP contribution in [0, 0.1) is 0 Å². The molecule has 0 saturated heterocycles. The molecule has 8 nitrogen and oxygen atoms in total. The van der Waals surface area contributed by atoms with Crippen LogP contribution in [0.25, 0.3) is 0 Å². The monoisotopic (exact) mass is 289 g/mol. The van der Waals surface area contributed by atoms with Gasteiger partial charge in [0, 0.05) is 5.69 Å². The van der Waals surface area contributed by atoms with Crippen LogP contribution < -0.4 is 11.1 Å². The number of carbonyl (C=O) groups is 2. The zero-order chi connectivity index (χ0) is 15.2. The highest BCUT2D eigenvalue weighted by Gasteiger charge is 2.17. The number of hydrogen-bond donors (Lipinski definition) is 3. The van der Waals surface area contributed by atoms with Crippen LogP contribution in [0.15, 0.2) is 36.9 Å². The smallest absolute Gasteiger partial charge is 0.305 e. The number of carboxylic acid groups (broad SMARTS) is 1. The number of aliphatic carboxylic acids is 1. The van der Waals surface area contributed by atoms with E-state index in [1.165, 1.54) is 6.33 Å². The Morgan fingerprint density at radius 1 is 1.43 bits per heavy atom. The Balaban J connectivity index is 2.00. The highest BCUT2D eigenvalue weighted by atomic mass is 16.4. The Bertz CT molecular complexity index is 626. The molecule has 0 aliphatic rings. The van der Waals surface area contributed by atoms with Gasteiger partial charge >= 0.3 is 5.97 Å². The van der Waals surface area contributed by atoms with Gasteiger partial charge in [0.2, 0.25) is 5.91 Å². The minimum atomic E-state index is -1.11. The summed E-state index contributed by atoms with van der Waals surface area (Å²) >= 11 is 0. The van der Waals surface area contributed by atoms with E-state index in [4.69, 9.17) is 10.8 Å². The first kappa shape index (κ1) is 14.7. The molecular formula is C13H15N5O3. The number of amides is 1. The molecule has 4 N–H and O–H groups in total. The lowest BCUT2D eigenvalue weighted by Crippen LogP contribution is -2.37. The van der Waals surface area contributed by atoms with Crippen molar-refractivity contribution in [1.82, 2.24) is 14.8 Å². The molecule has 1 unspecified atom stereocenters. The number of rotatable bonds is 6. The topological polar surface area (TPSA) is 123 Å². The molecule has 1 heterocycles. The maximum atomic E-state index is 11.7. The molecule has 1 atom stereocenters. The molecular weight excluding hydrogens is 274 g/mol. The van der Waals surface area contributed by atoms with Gasteiger partial charge in [-0.25, -0.2) is 9.67 Å². The SMILES string of the molecule is NC(CC(=O)O)C(=O)Nc1cccc(Cn2cncn2)c1. The van der Waals surface area contributed by atoms with Crippen molar-refractivity contribution in [1.29, 1.82) is 0 Å². The van der Waals surface area contributed by atoms with E-state index >= 15 is 0 Å². The van der Waals surface area contributed by atoms with Gasteiger partial charge in [0.25, 0.3) is 0 Å². The van der Waals surface area contributed by atoms with Gasteiger partial charge in [-0.1, -0.05) is 12.1 Å². The van der Waals surface area contributed by atoms with Crippen LogP contribution in [0.2, 0.25) is 0 Å². The minimum Gasteiger partial charge on any atom is -0.481 e. The summed E-state index contributed by atoms with van der Waals surface area (Å²) in [5, 5.41) is 15.2. The average Bonchev–Trinajstić information content (AvgIpc) is 2.91. The number of aromatic nitrogens is 3. The summed E-state index contributed by atoms with van der Waals surface area (Å²) in [6.07, 6.45) is 2.62. The fraction of sp³-hybridized carbons (Fsp3) is 0.231. The second kappa shape index (κ2) is 6.62. The zero-order valence-electron chi connectivity index (χ0n) is 11.1. The van der Waals surface area contributed by atoms with Crippen LogP contribution in [-0.4, -0.2) is 37.8 Å². The summed E-state index contributed by atoms with van der Waals surface area (Å²) in [5.41, 5.74) is 6.97. The number of carbonyl (C=O) groups excluding carboxylic acids is 1. The molecule has 0 aliphatic carbocycles. The van der Waals surface area contributed by atoms with Crippen molar-refractivity contribution in [2.45, 2.75) is 19.0 Å². The van der Waals surface area contributed by atoms with E-state index in [0.717, 1.165) is 5.56 Å². The van der Waals surface area contributed by atoms with Crippen molar-refractivity contribution in [2.24, 2.45) is 5.73 Å². The van der Waals surface area contributed by atoms with Gasteiger partial charge in [-0.3, -0.25) is 9.59 Å². The molecule has 1 aromatic heterocycles. The van der Waals surface area contributed by atoms with Gasteiger partial charge in [0.1, 0.15) is 12.7 Å². The number of anilines is 1. The van der Waals surface area contributed by atoms with Gasteiger partial charge in [-0.2, -0.15) is 5.10 Å². The van der Waals surface area contributed by atoms with E-state index in [9.17, 15) is 9.59 Å². The van der Waals surface area contributed by atoms with E-state index in [1.54, 1.807) is 29.2 Å². The lowest BCUT2D eigenvalue weighted by Gasteiger charge is -2.11. The fourth-order valence-electron chi connectivity index (χ4n) is 1.76. The Kier molecular flexibility index (Phi) is 4.62. The lowest BCUT2D eigenvalue weighted by atomic mass is 10.1. The van der Waals surface area contributed by atoms with Crippen LogP contribution in [0.1, 0.15) is 12.0 Å². The summed E-state index contributed by atoms with van der Waals surface area (Å²) in [4.78, 5) is 26.1. The second-order valence-electron chi connectivity index (χ2n) is 4.49. The summed E-state index contributed by atoms with van der Waals surface area (Å²) in [5.74, 6) is -1.65. The van der Waals surface area contributed by atoms with Crippen molar-refractivity contribution < 1.29 is 14.7 Å². The summed E-state index contributed by atoms with van der Waals surface area (Å²) in [7, 11) is 0. The third-order valence-corrected chi connectivity index (χ3v) is 2.74. The number of nitrogens with one attached hydrogen (secondary N) is 1. The van der Waals surface area contributed by atoms with Gasteiger partial charge in [0.05, 0.1) is 19.0 Å². The Morgan fingerprint density at radius 3 is 2.90 bits per heavy atom. The third-order valence-electron chi connectivity index (χ3n) is 2.74. The highest BCUT2D eigenvalue weighted by molar-refractivity contribution is 5.96. The first-order valence-electron chi connectivity index (χ1n) is 6.24. The zero-order valence-corrected chi connectivity index (χ0v) is 11.1. The Labute approximate surface area is 120 Å². The third kappa shape index (κ3) is 4.39. The number of nitrogens with two attached hydrogens (primary N) is 1. The predicted octanol–water partition coefficient (Wildman–Crippen LogP) is 0.0669. The number of hydrogen-bond acceptors (Lipinski definition) is 5. The van der Waals surface area contributed by atoms with Crippen LogP contribution in [-0.2, 0) is 16.1 Å². The average molecular weight is 289 g/mol. The summed E-state index contributed by atoms with van der Waals surface area (Å²) < 4.78 is 1.65. The molecule has 110 valence electrons. The summed E-state index contributed by atoms with van der Waals surface area (Å²) in [6.45, 7) is 0.519. The van der Waals surface area contributed by atoms with E-state index in [1.807, 2.05) is 6.07 Å². The molecule has 0 radical (unpaired) electrons. The molecule has 1 amide bonds. The van der Waals surface area contributed by atoms with Crippen molar-refractivity contribution in [3.63, 3.8) is 0 Å². The van der Waals surface area contributed by atoms with Gasteiger partial charge in [0.15, 0.2) is 0 Å². The molecule has 0 spiro atoms. The van der Waals surface area contributed by atoms with Crippen LogP contribution in [0.4, 0.5) is 5.69 Å². The van der Waals surface area contributed by atoms with E-state index < -0.39 is 24.3 Å². The van der Waals surface area contributed by atoms with Gasteiger partial charge < -0.3 is 16.2 Å². The largest absolute Gasteiger partial charge is 0.481 e. The first-order valence-corrected chi connectivity index (χ1v) is 6.24. The molecule has 21 heavy (non-hydrogen) atoms. The molecule has 0 aliphatic heterocycles. The molecule has 1 aromatic carbocycles. The number of carboxylic acids is 1. The molecule has 0 saturated carbocycles. The van der Waals surface area contributed by atoms with Crippen LogP contribution in [0.3, 0.4) is 0 Å². The van der Waals surface area contributed by atoms with Crippen molar-refractivity contribution in [2.75, 3.05) is 5.32 Å². The van der Waals surface area contributed by atoms with Crippen LogP contribution >= 0.6 is 0 Å². The molecule has 2 aromatic rings. The predicted molar refractivity (Wildman–Crippen MR) is 74.4 cm³/mol. The first-order chi connectivity index (χ1) is 10.0. The Morgan fingerprint density at radius 2 is 2.24 bits per heavy atom. The van der Waals surface area contributed by atoms with E-state index in [0.29, 0.717) is 12.2 Å². The number of nitrogens with zero attached hydrogens (tertiary/aromatic N) is 3. The molecule has 2 rings (SSSR count). The second-order valence-corrected chi connectivity index (χ2v) is 4.49. The van der Waals surface area contributed by atoms with Crippen molar-refractivity contribution >= 4 is 17.6 Å². The Hall–Kier alpha value is -2.74. The van der Waals surface area contributed by atoms with Gasteiger partial charge in [-0.05, 0) is 17.7 Å². The highest BCUT2D eigenvalue weighted by Crippen LogP contribution is 2.12. The normalized spacial score (nSPS) is 11.9. The lowest BCUT2D eigenvalue weighted by molar-refractivity contribution is -0.138.